The van der Waals surface area contributed by atoms with Crippen LogP contribution < -0.4 is 0 Å². The Kier molecular flexibility index (Phi) is 5.49. The van der Waals surface area contributed by atoms with Gasteiger partial charge in [0.05, 0.1) is 18.2 Å². The predicted molar refractivity (Wildman–Crippen MR) is 85.7 cm³/mol. The summed E-state index contributed by atoms with van der Waals surface area (Å²) in [7, 11) is 0. The molecule has 0 amide bonds. The third-order valence-corrected chi connectivity index (χ3v) is 3.59. The molecule has 1 heterocycles. The smallest absolute Gasteiger partial charge is 0.360 e. The van der Waals surface area contributed by atoms with Crippen LogP contribution in [0.25, 0.3) is 6.08 Å². The maximum atomic E-state index is 14.1. The van der Waals surface area contributed by atoms with Crippen molar-refractivity contribution in [2.45, 2.75) is 25.8 Å². The number of pyridine rings is 1. The molecule has 1 aliphatic carbocycles. The summed E-state index contributed by atoms with van der Waals surface area (Å²) in [6, 6.07) is -0.116. The average Bonchev–Trinajstić information content (AvgIpc) is 3.31. The van der Waals surface area contributed by atoms with E-state index in [1.54, 1.807) is 6.92 Å². The molecular weight excluding hydrogens is 346 g/mol. The number of rotatable bonds is 6. The van der Waals surface area contributed by atoms with E-state index in [0.29, 0.717) is 0 Å². The summed E-state index contributed by atoms with van der Waals surface area (Å²) in [6.45, 7) is 5.11. The molecule has 0 bridgehead atoms. The fraction of sp³-hybridized carbons (Fsp3) is 0.333. The first-order chi connectivity index (χ1) is 10.9. The minimum Gasteiger partial charge on any atom is -0.461 e. The predicted octanol–water partition coefficient (Wildman–Crippen LogP) is 3.52. The summed E-state index contributed by atoms with van der Waals surface area (Å²) >= 11 is 11.5. The van der Waals surface area contributed by atoms with Gasteiger partial charge < -0.3 is 4.74 Å². The van der Waals surface area contributed by atoms with E-state index in [-0.39, 0.29) is 28.9 Å². The summed E-state index contributed by atoms with van der Waals surface area (Å²) < 4.78 is 18.9. The summed E-state index contributed by atoms with van der Waals surface area (Å²) in [5.74, 6) is -2.69. The lowest BCUT2D eigenvalue weighted by atomic mass is 10.0. The highest BCUT2D eigenvalue weighted by molar-refractivity contribution is 6.68. The number of ether oxygens (including phenoxy) is 1. The van der Waals surface area contributed by atoms with E-state index in [4.69, 9.17) is 27.9 Å². The Labute approximate surface area is 142 Å². The van der Waals surface area contributed by atoms with Gasteiger partial charge in [-0.15, -0.1) is 0 Å². The Balaban J connectivity index is 2.55. The Morgan fingerprint density at radius 3 is 2.61 bits per heavy atom. The van der Waals surface area contributed by atoms with Crippen molar-refractivity contribution < 1.29 is 18.7 Å². The van der Waals surface area contributed by atoms with E-state index in [2.05, 4.69) is 16.6 Å². The van der Waals surface area contributed by atoms with Crippen molar-refractivity contribution in [2.24, 2.45) is 4.99 Å². The normalized spacial score (nSPS) is 14.5. The molecule has 0 saturated heterocycles. The van der Waals surface area contributed by atoms with Crippen molar-refractivity contribution in [2.75, 3.05) is 6.61 Å². The van der Waals surface area contributed by atoms with Crippen molar-refractivity contribution in [1.82, 2.24) is 4.98 Å². The van der Waals surface area contributed by atoms with Gasteiger partial charge >= 0.3 is 5.97 Å². The molecule has 0 aliphatic heterocycles. The molecule has 0 radical (unpaired) electrons. The molecule has 122 valence electrons. The molecule has 23 heavy (non-hydrogen) atoms. The second kappa shape index (κ2) is 7.19. The molecule has 2 rings (SSSR count). The van der Waals surface area contributed by atoms with Crippen LogP contribution >= 0.6 is 23.2 Å². The van der Waals surface area contributed by atoms with Crippen LogP contribution in [0.4, 0.5) is 4.39 Å². The number of hydrogen-bond acceptors (Lipinski definition) is 5. The Morgan fingerprint density at radius 2 is 2.09 bits per heavy atom. The van der Waals surface area contributed by atoms with Crippen molar-refractivity contribution in [3.63, 3.8) is 0 Å². The summed E-state index contributed by atoms with van der Waals surface area (Å²) in [5.41, 5.74) is -0.966. The van der Waals surface area contributed by atoms with E-state index in [1.807, 2.05) is 0 Å². The molecule has 1 saturated carbocycles. The molecule has 0 spiro atoms. The van der Waals surface area contributed by atoms with Crippen molar-refractivity contribution in [3.8, 4) is 0 Å². The molecule has 1 fully saturated rings. The average molecular weight is 359 g/mol. The highest BCUT2D eigenvalue weighted by atomic mass is 35.5. The number of nitrogens with zero attached hydrogens (tertiary/aromatic N) is 2. The molecule has 1 aromatic heterocycles. The van der Waals surface area contributed by atoms with E-state index in [1.165, 1.54) is 0 Å². The molecule has 1 aromatic rings. The molecule has 8 heteroatoms. The number of carbonyl (C=O) groups excluding carboxylic acids is 2. The summed E-state index contributed by atoms with van der Waals surface area (Å²) in [4.78, 5) is 32.3. The largest absolute Gasteiger partial charge is 0.461 e. The van der Waals surface area contributed by atoms with Crippen molar-refractivity contribution in [1.29, 1.82) is 0 Å². The lowest BCUT2D eigenvalue weighted by Crippen LogP contribution is -2.28. The minimum atomic E-state index is -0.941. The molecule has 0 N–H and O–H groups in total. The standard InChI is InChI=1S/C15H13Cl2FN2O3/c1-3-8-9(13(16)20-14(17)10(8)18)12(21)11(15(22)23-4-2)19-7-5-6-7/h3,7H,1,4-6H2,2H3. The van der Waals surface area contributed by atoms with E-state index in [0.717, 1.165) is 18.9 Å². The topological polar surface area (TPSA) is 68.6 Å². The molecule has 0 unspecified atom stereocenters. The SMILES string of the molecule is C=Cc1c(F)c(Cl)nc(Cl)c1C(=O)C(=NC1CC1)C(=O)OCC. The van der Waals surface area contributed by atoms with E-state index in [9.17, 15) is 14.0 Å². The maximum absolute atomic E-state index is 14.1. The van der Waals surface area contributed by atoms with Gasteiger partial charge in [-0.05, 0) is 19.8 Å². The Morgan fingerprint density at radius 1 is 1.43 bits per heavy atom. The molecule has 5 nitrogen and oxygen atoms in total. The van der Waals surface area contributed by atoms with Gasteiger partial charge in [0, 0.05) is 5.56 Å². The van der Waals surface area contributed by atoms with Crippen molar-refractivity contribution in [3.05, 3.63) is 33.8 Å². The van der Waals surface area contributed by atoms with Gasteiger partial charge in [0.1, 0.15) is 5.15 Å². The zero-order valence-corrected chi connectivity index (χ0v) is 13.7. The third-order valence-electron chi connectivity index (χ3n) is 3.06. The lowest BCUT2D eigenvalue weighted by Gasteiger charge is -2.11. The highest BCUT2D eigenvalue weighted by Crippen LogP contribution is 2.29. The molecule has 0 aromatic carbocycles. The Bertz CT molecular complexity index is 715. The number of esters is 1. The van der Waals surface area contributed by atoms with Crippen molar-refractivity contribution >= 4 is 46.7 Å². The van der Waals surface area contributed by atoms with Gasteiger partial charge in [0.25, 0.3) is 0 Å². The molecular formula is C15H13Cl2FN2O3. The quantitative estimate of drug-likeness (QED) is 0.256. The minimum absolute atomic E-state index is 0.0745. The van der Waals surface area contributed by atoms with Gasteiger partial charge in [0.15, 0.2) is 16.7 Å². The zero-order valence-electron chi connectivity index (χ0n) is 12.2. The number of aliphatic imine (C=N–C) groups is 1. The number of Topliss-reactive ketones (excluding diaryl/α,β-unsaturated/α-hetero) is 1. The second-order valence-corrected chi connectivity index (χ2v) is 5.47. The zero-order chi connectivity index (χ0) is 17.1. The van der Waals surface area contributed by atoms with Gasteiger partial charge in [0.2, 0.25) is 5.78 Å². The summed E-state index contributed by atoms with van der Waals surface area (Å²) in [5, 5.41) is -0.817. The van der Waals surface area contributed by atoms with Gasteiger partial charge in [-0.25, -0.2) is 14.2 Å². The van der Waals surface area contributed by atoms with Gasteiger partial charge in [-0.2, -0.15) is 0 Å². The van der Waals surface area contributed by atoms with Crippen LogP contribution in [0.2, 0.25) is 10.3 Å². The van der Waals surface area contributed by atoms with E-state index < -0.39 is 28.4 Å². The fourth-order valence-corrected chi connectivity index (χ4v) is 2.34. The molecule has 1 aliphatic rings. The number of ketones is 1. The Hall–Kier alpha value is -1.79. The second-order valence-electron chi connectivity index (χ2n) is 4.76. The van der Waals surface area contributed by atoms with Crippen LogP contribution in [0.3, 0.4) is 0 Å². The van der Waals surface area contributed by atoms with Gasteiger partial charge in [-0.3, -0.25) is 9.79 Å². The van der Waals surface area contributed by atoms with Crippen LogP contribution in [0.1, 0.15) is 35.7 Å². The highest BCUT2D eigenvalue weighted by Gasteiger charge is 2.32. The monoisotopic (exact) mass is 358 g/mol. The first kappa shape index (κ1) is 17.6. The van der Waals surface area contributed by atoms with Gasteiger partial charge in [-0.1, -0.05) is 35.9 Å². The summed E-state index contributed by atoms with van der Waals surface area (Å²) in [6.07, 6.45) is 2.62. The van der Waals surface area contributed by atoms with Crippen LogP contribution in [0.5, 0.6) is 0 Å². The number of hydrogen-bond donors (Lipinski definition) is 0. The molecule has 0 atom stereocenters. The number of aromatic nitrogens is 1. The van der Waals surface area contributed by atoms with Crippen LogP contribution in [-0.4, -0.2) is 35.1 Å². The third kappa shape index (κ3) is 3.76. The van der Waals surface area contributed by atoms with Crippen LogP contribution in [0, 0.1) is 5.82 Å². The first-order valence-electron chi connectivity index (χ1n) is 6.87. The lowest BCUT2D eigenvalue weighted by molar-refractivity contribution is -0.134. The maximum Gasteiger partial charge on any atom is 0.360 e. The number of carbonyl (C=O) groups is 2. The first-order valence-corrected chi connectivity index (χ1v) is 7.62. The number of halogens is 3. The van der Waals surface area contributed by atoms with Crippen LogP contribution in [0.15, 0.2) is 11.6 Å². The fourth-order valence-electron chi connectivity index (χ4n) is 1.84. The van der Waals surface area contributed by atoms with Crippen LogP contribution in [-0.2, 0) is 9.53 Å². The van der Waals surface area contributed by atoms with E-state index >= 15 is 0 Å².